The molecule has 406 valence electrons. The number of hydrogen-bond donors (Lipinski definition) is 2. The zero-order chi connectivity index (χ0) is 52.7. The third-order valence-electron chi connectivity index (χ3n) is 14.3. The molecule has 0 amide bonds. The summed E-state index contributed by atoms with van der Waals surface area (Å²) >= 11 is 0. The average Bonchev–Trinajstić information content (AvgIpc) is 3.74. The van der Waals surface area contributed by atoms with Crippen LogP contribution in [0.3, 0.4) is 0 Å². The summed E-state index contributed by atoms with van der Waals surface area (Å²) in [5.41, 5.74) is 3.42. The zero-order valence-electron chi connectivity index (χ0n) is 44.3. The van der Waals surface area contributed by atoms with Crippen LogP contribution in [0.1, 0.15) is 133 Å². The molecule has 13 nitrogen and oxygen atoms in total. The van der Waals surface area contributed by atoms with Gasteiger partial charge in [-0.1, -0.05) is 217 Å². The van der Waals surface area contributed by atoms with Crippen LogP contribution in [0.2, 0.25) is 0 Å². The van der Waals surface area contributed by atoms with Crippen molar-refractivity contribution in [2.45, 2.75) is 196 Å². The first-order chi connectivity index (χ1) is 36.5. The Labute approximate surface area is 446 Å². The number of sulfonamides is 1. The van der Waals surface area contributed by atoms with Crippen molar-refractivity contribution < 1.29 is 41.8 Å². The highest BCUT2D eigenvalue weighted by Crippen LogP contribution is 2.36. The molecular formula is C61H81N3O10S. The lowest BCUT2D eigenvalue weighted by Gasteiger charge is -2.47. The molecule has 0 unspecified atom stereocenters. The molecule has 1 aliphatic carbocycles. The summed E-state index contributed by atoms with van der Waals surface area (Å²) in [4.78, 5) is 11.2. The first-order valence-corrected chi connectivity index (χ1v) is 28.9. The molecule has 7 rings (SSSR count). The van der Waals surface area contributed by atoms with Gasteiger partial charge in [0.25, 0.3) is 5.69 Å². The molecule has 75 heavy (non-hydrogen) atoms. The van der Waals surface area contributed by atoms with E-state index in [1.165, 1.54) is 82.1 Å². The molecular weight excluding hydrogens is 967 g/mol. The number of rotatable bonds is 33. The summed E-state index contributed by atoms with van der Waals surface area (Å²) < 4.78 is 73.3. The van der Waals surface area contributed by atoms with Crippen LogP contribution in [0.5, 0.6) is 0 Å². The molecule has 1 saturated heterocycles. The van der Waals surface area contributed by atoms with E-state index in [4.69, 9.17) is 28.4 Å². The van der Waals surface area contributed by atoms with Crippen LogP contribution < -0.4 is 10.0 Å². The van der Waals surface area contributed by atoms with Gasteiger partial charge in [0.05, 0.1) is 49.6 Å². The lowest BCUT2D eigenvalue weighted by molar-refractivity contribution is -0.387. The number of nitrogens with one attached hydrogen (secondary N) is 2. The number of unbranched alkanes of at least 4 members (excludes halogenated alkanes) is 11. The van der Waals surface area contributed by atoms with Gasteiger partial charge in [-0.3, -0.25) is 10.1 Å². The normalized spacial score (nSPS) is 22.0. The topological polar surface area (TPSA) is 157 Å². The van der Waals surface area contributed by atoms with Gasteiger partial charge in [0, 0.05) is 18.7 Å². The van der Waals surface area contributed by atoms with Crippen molar-refractivity contribution in [3.05, 3.63) is 178 Å². The highest BCUT2D eigenvalue weighted by Gasteiger charge is 2.50. The van der Waals surface area contributed by atoms with Crippen LogP contribution >= 0.6 is 0 Å². The third-order valence-corrected chi connectivity index (χ3v) is 15.8. The predicted molar refractivity (Wildman–Crippen MR) is 293 cm³/mol. The first kappa shape index (κ1) is 57.8. The van der Waals surface area contributed by atoms with Gasteiger partial charge in [-0.05, 0) is 55.0 Å². The van der Waals surface area contributed by atoms with Gasteiger partial charge in [0.15, 0.2) is 10.7 Å². The number of nitro groups is 1. The van der Waals surface area contributed by atoms with Crippen LogP contribution in [-0.4, -0.2) is 74.4 Å². The van der Waals surface area contributed by atoms with E-state index in [-0.39, 0.29) is 19.8 Å². The summed E-state index contributed by atoms with van der Waals surface area (Å²) in [7, 11) is -4.50. The summed E-state index contributed by atoms with van der Waals surface area (Å²) in [6.45, 7) is 7.12. The van der Waals surface area contributed by atoms with Gasteiger partial charge >= 0.3 is 0 Å². The minimum atomic E-state index is -4.50. The van der Waals surface area contributed by atoms with E-state index in [0.717, 1.165) is 41.5 Å². The van der Waals surface area contributed by atoms with Crippen molar-refractivity contribution >= 4 is 15.7 Å². The number of hydrogen-bond acceptors (Lipinski definition) is 11. The van der Waals surface area contributed by atoms with E-state index in [1.807, 2.05) is 135 Å². The van der Waals surface area contributed by atoms with Crippen molar-refractivity contribution in [1.29, 1.82) is 0 Å². The van der Waals surface area contributed by atoms with E-state index in [2.05, 4.69) is 17.0 Å². The molecule has 5 aromatic carbocycles. The minimum Gasteiger partial charge on any atom is -0.371 e. The molecule has 2 aliphatic rings. The van der Waals surface area contributed by atoms with Crippen LogP contribution in [-0.2, 0) is 64.9 Å². The van der Waals surface area contributed by atoms with Crippen LogP contribution in [0.4, 0.5) is 5.69 Å². The molecule has 2 fully saturated rings. The number of benzene rings is 5. The summed E-state index contributed by atoms with van der Waals surface area (Å²) in [5.74, 6) is -1.03. The monoisotopic (exact) mass is 1050 g/mol. The maximum atomic E-state index is 14.6. The lowest BCUT2D eigenvalue weighted by Crippen LogP contribution is -2.64. The van der Waals surface area contributed by atoms with Gasteiger partial charge in [-0.25, -0.2) is 13.1 Å². The van der Waals surface area contributed by atoms with E-state index in [1.54, 1.807) is 0 Å². The number of ether oxygens (including phenoxy) is 6. The molecule has 2 N–H and O–H groups in total. The van der Waals surface area contributed by atoms with Crippen LogP contribution in [0.25, 0.3) is 0 Å². The minimum absolute atomic E-state index is 0.0428. The number of nitro benzene ring substituents is 1. The molecule has 14 heteroatoms. The zero-order valence-corrected chi connectivity index (χ0v) is 45.2. The average molecular weight is 1050 g/mol. The molecule has 0 radical (unpaired) electrons. The Hall–Kier alpha value is -4.87. The Morgan fingerprint density at radius 1 is 0.587 bits per heavy atom. The van der Waals surface area contributed by atoms with E-state index in [9.17, 15) is 18.5 Å². The second kappa shape index (κ2) is 30.2. The maximum absolute atomic E-state index is 14.6. The second-order valence-corrected chi connectivity index (χ2v) is 22.3. The van der Waals surface area contributed by atoms with E-state index < -0.39 is 80.0 Å². The van der Waals surface area contributed by atoms with Crippen molar-refractivity contribution in [2.75, 3.05) is 6.54 Å². The Morgan fingerprint density at radius 3 is 1.53 bits per heavy atom. The Bertz CT molecular complexity index is 2510. The van der Waals surface area contributed by atoms with Crippen molar-refractivity contribution in [1.82, 2.24) is 10.0 Å². The summed E-state index contributed by atoms with van der Waals surface area (Å²) in [5, 5.41) is 16.1. The van der Waals surface area contributed by atoms with Gasteiger partial charge in [0.2, 0.25) is 10.0 Å². The summed E-state index contributed by atoms with van der Waals surface area (Å²) in [6, 6.07) is 43.9. The second-order valence-electron chi connectivity index (χ2n) is 20.6. The van der Waals surface area contributed by atoms with E-state index in [0.29, 0.717) is 26.1 Å². The predicted octanol–water partition coefficient (Wildman–Crippen LogP) is 12.6. The highest BCUT2D eigenvalue weighted by molar-refractivity contribution is 7.89. The fraction of sp³-hybridized carbons (Fsp3) is 0.508. The number of nitrogens with zero attached hydrogens (tertiary/aromatic N) is 1. The molecule has 8 atom stereocenters. The SMILES string of the molecule is CCCCCCCCCCCCCC[C@H]1OC(C)(C)O[C@H]1[C@H](CN[C@@H]1C[C@H](OCc2ccccc2)[C@@H](OCc2ccccc2)[C@H](OCc2ccccc2)[C@H]1OCc1ccccc1)NS(=O)(=O)c1ccccc1[N+](=O)[O-]. The number of para-hydroxylation sites is 1. The molecule has 0 bridgehead atoms. The molecule has 0 aromatic heterocycles. The van der Waals surface area contributed by atoms with Crippen LogP contribution in [0, 0.1) is 10.1 Å². The Morgan fingerprint density at radius 2 is 1.03 bits per heavy atom. The fourth-order valence-corrected chi connectivity index (χ4v) is 11.8. The standard InChI is InChI=1S/C61H81N3O10S/c1-4-5-6-7-8-9-10-11-12-13-14-27-39-54-57(74-61(2,3)73-54)52(63-75(67,68)56-40-29-28-38-53(56)64(65)66)42-62-51-41-55(69-43-47-30-19-15-20-31-47)59(71-45-49-34-23-17-24-35-49)60(72-46-50-36-25-18-26-37-50)58(51)70-44-48-32-21-16-22-33-48/h15-26,28-38,40,51-52,54-55,57-60,62-63H,4-14,27,39,41-46H2,1-3H3/t51-,52+,54-,55+,57+,58+,59-,60-/m1/s1. The van der Waals surface area contributed by atoms with Crippen molar-refractivity contribution in [3.8, 4) is 0 Å². The maximum Gasteiger partial charge on any atom is 0.289 e. The summed E-state index contributed by atoms with van der Waals surface area (Å²) in [6.07, 6.45) is 11.8. The first-order valence-electron chi connectivity index (χ1n) is 27.5. The van der Waals surface area contributed by atoms with Crippen molar-refractivity contribution in [2.24, 2.45) is 0 Å². The van der Waals surface area contributed by atoms with Gasteiger partial charge in [0.1, 0.15) is 24.4 Å². The van der Waals surface area contributed by atoms with Crippen molar-refractivity contribution in [3.63, 3.8) is 0 Å². The largest absolute Gasteiger partial charge is 0.371 e. The Kier molecular flexibility index (Phi) is 23.3. The highest BCUT2D eigenvalue weighted by atomic mass is 32.2. The van der Waals surface area contributed by atoms with Gasteiger partial charge in [-0.15, -0.1) is 0 Å². The quantitative estimate of drug-likeness (QED) is 0.0234. The van der Waals surface area contributed by atoms with Gasteiger partial charge in [-0.2, -0.15) is 0 Å². The molecule has 1 aliphatic heterocycles. The molecule has 1 heterocycles. The fourth-order valence-electron chi connectivity index (χ4n) is 10.4. The molecule has 1 saturated carbocycles. The molecule has 5 aromatic rings. The third kappa shape index (κ3) is 18.4. The van der Waals surface area contributed by atoms with Gasteiger partial charge < -0.3 is 33.7 Å². The molecule has 0 spiro atoms. The van der Waals surface area contributed by atoms with E-state index >= 15 is 0 Å². The van der Waals surface area contributed by atoms with Crippen LogP contribution in [0.15, 0.2) is 150 Å². The Balaban J connectivity index is 1.18. The lowest BCUT2D eigenvalue weighted by atomic mass is 9.84. The smallest absolute Gasteiger partial charge is 0.289 e.